The molecule has 282 valence electrons. The van der Waals surface area contributed by atoms with Gasteiger partial charge in [0.05, 0.1) is 0 Å². The van der Waals surface area contributed by atoms with E-state index < -0.39 is 8.07 Å². The Morgan fingerprint density at radius 1 is 0.424 bits per heavy atom. The number of para-hydroxylation sites is 2. The summed E-state index contributed by atoms with van der Waals surface area (Å²) in [5.74, 6) is 2.82. The van der Waals surface area contributed by atoms with Crippen LogP contribution in [-0.2, 0) is 6.42 Å². The van der Waals surface area contributed by atoms with Gasteiger partial charge in [0.15, 0.2) is 11.6 Å². The molecule has 0 amide bonds. The molecule has 0 fully saturated rings. The van der Waals surface area contributed by atoms with E-state index in [1.807, 2.05) is 36.4 Å². The molecule has 0 saturated carbocycles. The topological polar surface area (TPSA) is 54.8 Å². The van der Waals surface area contributed by atoms with E-state index in [-0.39, 0.29) is 0 Å². The number of benzene rings is 7. The van der Waals surface area contributed by atoms with Crippen molar-refractivity contribution in [2.45, 2.75) is 19.5 Å². The van der Waals surface area contributed by atoms with Gasteiger partial charge in [-0.1, -0.05) is 183 Å². The Labute approximate surface area is 346 Å². The van der Waals surface area contributed by atoms with Crippen LogP contribution in [0.4, 0.5) is 17.2 Å². The average molecular weight is 776 g/mol. The van der Waals surface area contributed by atoms with Crippen molar-refractivity contribution in [2.24, 2.45) is 0 Å². The van der Waals surface area contributed by atoms with Crippen LogP contribution in [0.15, 0.2) is 200 Å². The van der Waals surface area contributed by atoms with Gasteiger partial charge in [-0.3, -0.25) is 4.90 Å². The monoisotopic (exact) mass is 775 g/mol. The molecule has 0 unspecified atom stereocenters. The molecule has 0 N–H and O–H groups in total. The number of fused-ring (bicyclic) bond motifs is 2. The first-order valence-electron chi connectivity index (χ1n) is 20.1. The molecule has 7 aromatic carbocycles. The molecule has 1 aliphatic rings. The van der Waals surface area contributed by atoms with Crippen molar-refractivity contribution in [1.29, 1.82) is 0 Å². The zero-order valence-corrected chi connectivity index (χ0v) is 34.0. The van der Waals surface area contributed by atoms with E-state index in [1.165, 1.54) is 27.3 Å². The van der Waals surface area contributed by atoms with Crippen molar-refractivity contribution < 1.29 is 0 Å². The van der Waals surface area contributed by atoms with Crippen molar-refractivity contribution in [1.82, 2.24) is 19.9 Å². The third kappa shape index (κ3) is 6.83. The highest BCUT2D eigenvalue weighted by Gasteiger charge is 2.39. The van der Waals surface area contributed by atoms with Gasteiger partial charge in [-0.05, 0) is 62.5 Å². The van der Waals surface area contributed by atoms with Gasteiger partial charge in [0.2, 0.25) is 0 Å². The molecule has 5 nitrogen and oxygen atoms in total. The van der Waals surface area contributed by atoms with Crippen LogP contribution in [-0.4, -0.2) is 28.0 Å². The lowest BCUT2D eigenvalue weighted by atomic mass is 9.91. The van der Waals surface area contributed by atoms with Crippen LogP contribution < -0.4 is 15.3 Å². The lowest BCUT2D eigenvalue weighted by Gasteiger charge is -2.41. The van der Waals surface area contributed by atoms with Gasteiger partial charge >= 0.3 is 0 Å². The molecular formula is C53H41N5Si. The average Bonchev–Trinajstić information content (AvgIpc) is 3.30. The van der Waals surface area contributed by atoms with Crippen LogP contribution in [0.3, 0.4) is 0 Å². The van der Waals surface area contributed by atoms with Crippen LogP contribution in [0.2, 0.25) is 13.1 Å². The smallest absolute Gasteiger partial charge is 0.163 e. The standard InChI is InChI=1S/C53H41N5Si/c1-59(2)48-29-17-15-27-46(48)58(47-28-16-18-30-49(47)59)53-42(35-50-55-51(39-23-11-5-12-24-39)57-52(56-50)40-25-13-6-14-26-40)33-43(36-54-53)45-34-41(37-19-7-3-8-20-37)31-32-44(45)38-21-9-4-10-22-38/h3-34,36H,35H2,1-2H3. The number of rotatable bonds is 8. The van der Waals surface area contributed by atoms with E-state index >= 15 is 0 Å². The van der Waals surface area contributed by atoms with Crippen LogP contribution >= 0.6 is 0 Å². The Bertz CT molecular complexity index is 2830. The van der Waals surface area contributed by atoms with E-state index in [0.717, 1.165) is 50.3 Å². The molecule has 6 heteroatoms. The van der Waals surface area contributed by atoms with Gasteiger partial charge in [0.1, 0.15) is 19.7 Å². The minimum absolute atomic E-state index is 0.430. The number of aromatic nitrogens is 4. The summed E-state index contributed by atoms with van der Waals surface area (Å²) in [6.07, 6.45) is 2.48. The minimum atomic E-state index is -2.04. The number of pyridine rings is 1. The summed E-state index contributed by atoms with van der Waals surface area (Å²) >= 11 is 0. The highest BCUT2D eigenvalue weighted by molar-refractivity contribution is 7.02. The Balaban J connectivity index is 1.21. The maximum Gasteiger partial charge on any atom is 0.163 e. The molecule has 0 radical (unpaired) electrons. The summed E-state index contributed by atoms with van der Waals surface area (Å²) < 4.78 is 0. The highest BCUT2D eigenvalue weighted by Crippen LogP contribution is 2.42. The predicted molar refractivity (Wildman–Crippen MR) is 245 cm³/mol. The van der Waals surface area contributed by atoms with Gasteiger partial charge in [-0.2, -0.15) is 0 Å². The molecule has 0 saturated heterocycles. The van der Waals surface area contributed by atoms with E-state index in [9.17, 15) is 0 Å². The third-order valence-electron chi connectivity index (χ3n) is 11.4. The van der Waals surface area contributed by atoms with Gasteiger partial charge in [0, 0.05) is 46.2 Å². The van der Waals surface area contributed by atoms with E-state index in [4.69, 9.17) is 19.9 Å². The molecule has 2 aromatic heterocycles. The molecular weight excluding hydrogens is 735 g/mol. The fourth-order valence-corrected chi connectivity index (χ4v) is 11.4. The van der Waals surface area contributed by atoms with Gasteiger partial charge in [-0.15, -0.1) is 0 Å². The number of anilines is 3. The van der Waals surface area contributed by atoms with Gasteiger partial charge in [-0.25, -0.2) is 19.9 Å². The quantitative estimate of drug-likeness (QED) is 0.144. The normalized spacial score (nSPS) is 12.7. The van der Waals surface area contributed by atoms with E-state index in [2.05, 4.69) is 182 Å². The van der Waals surface area contributed by atoms with Crippen molar-refractivity contribution in [3.63, 3.8) is 0 Å². The first-order valence-corrected chi connectivity index (χ1v) is 23.1. The molecule has 9 aromatic rings. The second-order valence-corrected chi connectivity index (χ2v) is 19.8. The molecule has 10 rings (SSSR count). The first kappa shape index (κ1) is 36.1. The molecule has 0 atom stereocenters. The molecule has 0 aliphatic carbocycles. The maximum absolute atomic E-state index is 5.49. The second kappa shape index (κ2) is 15.2. The molecule has 0 spiro atoms. The van der Waals surface area contributed by atoms with Gasteiger partial charge in [0.25, 0.3) is 0 Å². The van der Waals surface area contributed by atoms with Gasteiger partial charge < -0.3 is 0 Å². The summed E-state index contributed by atoms with van der Waals surface area (Å²) in [6, 6.07) is 68.4. The number of nitrogens with zero attached hydrogens (tertiary/aromatic N) is 5. The second-order valence-electron chi connectivity index (χ2n) is 15.5. The maximum atomic E-state index is 5.49. The Kier molecular flexibility index (Phi) is 9.32. The van der Waals surface area contributed by atoms with Crippen molar-refractivity contribution in [3.05, 3.63) is 212 Å². The Morgan fingerprint density at radius 2 is 0.915 bits per heavy atom. The number of hydrogen-bond donors (Lipinski definition) is 0. The summed E-state index contributed by atoms with van der Waals surface area (Å²) in [5, 5.41) is 2.77. The van der Waals surface area contributed by atoms with Crippen LogP contribution in [0.1, 0.15) is 11.4 Å². The first-order chi connectivity index (χ1) is 29.0. The van der Waals surface area contributed by atoms with Crippen molar-refractivity contribution >= 4 is 35.6 Å². The number of hydrogen-bond acceptors (Lipinski definition) is 5. The zero-order valence-electron chi connectivity index (χ0n) is 33.0. The Hall–Kier alpha value is -7.28. The SMILES string of the molecule is C[Si]1(C)c2ccccc2N(c2ncc(-c3cc(-c4ccccc4)ccc3-c3ccccc3)cc2Cc2nc(-c3ccccc3)nc(-c3ccccc3)n2)c2ccccc21. The summed E-state index contributed by atoms with van der Waals surface area (Å²) in [5.41, 5.74) is 12.0. The molecule has 1 aliphatic heterocycles. The zero-order chi connectivity index (χ0) is 39.8. The van der Waals surface area contributed by atoms with Crippen molar-refractivity contribution in [3.8, 4) is 56.2 Å². The van der Waals surface area contributed by atoms with E-state index in [0.29, 0.717) is 23.9 Å². The lowest BCUT2D eigenvalue weighted by Crippen LogP contribution is -2.58. The predicted octanol–water partition coefficient (Wildman–Crippen LogP) is 11.8. The lowest BCUT2D eigenvalue weighted by molar-refractivity contribution is 0.926. The summed E-state index contributed by atoms with van der Waals surface area (Å²) in [7, 11) is -2.04. The summed E-state index contributed by atoms with van der Waals surface area (Å²) in [6.45, 7) is 4.90. The third-order valence-corrected chi connectivity index (χ3v) is 14.9. The molecule has 0 bridgehead atoms. The van der Waals surface area contributed by atoms with Crippen LogP contribution in [0.25, 0.3) is 56.2 Å². The highest BCUT2D eigenvalue weighted by atomic mass is 28.3. The van der Waals surface area contributed by atoms with Crippen LogP contribution in [0, 0.1) is 0 Å². The summed E-state index contributed by atoms with van der Waals surface area (Å²) in [4.78, 5) is 23.2. The Morgan fingerprint density at radius 3 is 1.47 bits per heavy atom. The molecule has 59 heavy (non-hydrogen) atoms. The van der Waals surface area contributed by atoms with Crippen molar-refractivity contribution in [2.75, 3.05) is 4.90 Å². The minimum Gasteiger partial charge on any atom is -0.295 e. The largest absolute Gasteiger partial charge is 0.295 e. The fourth-order valence-electron chi connectivity index (χ4n) is 8.44. The fraction of sp³-hybridized carbons (Fsp3) is 0.0566. The van der Waals surface area contributed by atoms with Crippen LogP contribution in [0.5, 0.6) is 0 Å². The van der Waals surface area contributed by atoms with E-state index in [1.54, 1.807) is 0 Å². The molecule has 3 heterocycles.